The number of nitrogens with zero attached hydrogens (tertiary/aromatic N) is 2. The highest BCUT2D eigenvalue weighted by atomic mass is 16.5. The molecule has 0 fully saturated rings. The Morgan fingerprint density at radius 1 is 1.33 bits per heavy atom. The molecule has 0 amide bonds. The van der Waals surface area contributed by atoms with E-state index in [2.05, 4.69) is 42.3 Å². The number of pyridine rings is 1. The lowest BCUT2D eigenvalue weighted by Crippen LogP contribution is -2.17. The second-order valence-electron chi connectivity index (χ2n) is 4.42. The van der Waals surface area contributed by atoms with Crippen LogP contribution in [0, 0.1) is 23.2 Å². The van der Waals surface area contributed by atoms with Crippen LogP contribution in [0.3, 0.4) is 0 Å². The fourth-order valence-electron chi connectivity index (χ4n) is 1.85. The monoisotopic (exact) mass is 240 g/mol. The Labute approximate surface area is 107 Å². The van der Waals surface area contributed by atoms with E-state index in [1.165, 1.54) is 0 Å². The van der Waals surface area contributed by atoms with E-state index in [1.54, 1.807) is 6.20 Å². The molecule has 0 aliphatic heterocycles. The Hall–Kier alpha value is -2.08. The standard InChI is InChI=1S/C15H16N2O/c1-12-4-2-3-5-13(12)11-18-15-7-6-14(8-9-16)17-10-15/h2-7,10,12-13H,8,11H2,1H3. The van der Waals surface area contributed by atoms with Crippen LogP contribution >= 0.6 is 0 Å². The Kier molecular flexibility index (Phi) is 4.14. The first-order valence-corrected chi connectivity index (χ1v) is 6.09. The van der Waals surface area contributed by atoms with E-state index in [0.717, 1.165) is 11.4 Å². The Balaban J connectivity index is 1.88. The van der Waals surface area contributed by atoms with E-state index in [-0.39, 0.29) is 0 Å². The Bertz CT molecular complexity index is 482. The SMILES string of the molecule is CC1C=CC=CC1COc1ccc(CC#N)nc1. The smallest absolute Gasteiger partial charge is 0.137 e. The van der Waals surface area contributed by atoms with Gasteiger partial charge in [0.05, 0.1) is 31.0 Å². The minimum absolute atomic E-state index is 0.341. The fraction of sp³-hybridized carbons (Fsp3) is 0.333. The van der Waals surface area contributed by atoms with Gasteiger partial charge in [-0.1, -0.05) is 31.2 Å². The quantitative estimate of drug-likeness (QED) is 0.813. The van der Waals surface area contributed by atoms with E-state index >= 15 is 0 Å². The van der Waals surface area contributed by atoms with Crippen LogP contribution in [0.15, 0.2) is 42.6 Å². The van der Waals surface area contributed by atoms with Crippen molar-refractivity contribution in [3.05, 3.63) is 48.3 Å². The van der Waals surface area contributed by atoms with Gasteiger partial charge in [-0.3, -0.25) is 4.98 Å². The maximum atomic E-state index is 8.56. The molecule has 18 heavy (non-hydrogen) atoms. The zero-order valence-electron chi connectivity index (χ0n) is 10.4. The van der Waals surface area contributed by atoms with Gasteiger partial charge in [0.25, 0.3) is 0 Å². The maximum Gasteiger partial charge on any atom is 0.137 e. The minimum Gasteiger partial charge on any atom is -0.491 e. The average Bonchev–Trinajstić information content (AvgIpc) is 2.40. The van der Waals surface area contributed by atoms with Gasteiger partial charge < -0.3 is 4.74 Å². The molecule has 1 heterocycles. The topological polar surface area (TPSA) is 45.9 Å². The predicted molar refractivity (Wildman–Crippen MR) is 70.0 cm³/mol. The van der Waals surface area contributed by atoms with Crippen molar-refractivity contribution in [3.63, 3.8) is 0 Å². The van der Waals surface area contributed by atoms with Crippen molar-refractivity contribution < 1.29 is 4.74 Å². The zero-order chi connectivity index (χ0) is 12.8. The number of rotatable bonds is 4. The average molecular weight is 240 g/mol. The summed E-state index contributed by atoms with van der Waals surface area (Å²) in [6, 6.07) is 5.77. The third-order valence-electron chi connectivity index (χ3n) is 3.06. The molecule has 0 N–H and O–H groups in total. The van der Waals surface area contributed by atoms with Crippen LogP contribution in [-0.2, 0) is 6.42 Å². The summed E-state index contributed by atoms with van der Waals surface area (Å²) in [6.07, 6.45) is 10.5. The third kappa shape index (κ3) is 3.21. The number of nitriles is 1. The lowest BCUT2D eigenvalue weighted by atomic mass is 9.91. The molecule has 0 saturated carbocycles. The van der Waals surface area contributed by atoms with Gasteiger partial charge >= 0.3 is 0 Å². The summed E-state index contributed by atoms with van der Waals surface area (Å²) >= 11 is 0. The van der Waals surface area contributed by atoms with Gasteiger partial charge in [0, 0.05) is 5.92 Å². The van der Waals surface area contributed by atoms with Crippen LogP contribution in [0.4, 0.5) is 0 Å². The predicted octanol–water partition coefficient (Wildman–Crippen LogP) is 2.90. The fourth-order valence-corrected chi connectivity index (χ4v) is 1.85. The first kappa shape index (κ1) is 12.4. The molecule has 0 radical (unpaired) electrons. The third-order valence-corrected chi connectivity index (χ3v) is 3.06. The maximum absolute atomic E-state index is 8.56. The second kappa shape index (κ2) is 6.02. The van der Waals surface area contributed by atoms with E-state index in [4.69, 9.17) is 10.00 Å². The molecule has 0 saturated heterocycles. The molecule has 0 bridgehead atoms. The van der Waals surface area contributed by atoms with Crippen molar-refractivity contribution in [1.82, 2.24) is 4.98 Å². The van der Waals surface area contributed by atoms with Crippen molar-refractivity contribution in [2.75, 3.05) is 6.61 Å². The molecule has 0 spiro atoms. The van der Waals surface area contributed by atoms with E-state index in [0.29, 0.717) is 24.9 Å². The molecule has 1 aromatic rings. The summed E-state index contributed by atoms with van der Waals surface area (Å²) in [7, 11) is 0. The first-order valence-electron chi connectivity index (χ1n) is 6.09. The number of hydrogen-bond donors (Lipinski definition) is 0. The van der Waals surface area contributed by atoms with Crippen LogP contribution in [0.25, 0.3) is 0 Å². The lowest BCUT2D eigenvalue weighted by molar-refractivity contribution is 0.250. The number of aromatic nitrogens is 1. The molecule has 92 valence electrons. The van der Waals surface area contributed by atoms with Crippen molar-refractivity contribution >= 4 is 0 Å². The van der Waals surface area contributed by atoms with Gasteiger partial charge in [0.15, 0.2) is 0 Å². The van der Waals surface area contributed by atoms with Crippen molar-refractivity contribution in [3.8, 4) is 11.8 Å². The van der Waals surface area contributed by atoms with E-state index in [9.17, 15) is 0 Å². The van der Waals surface area contributed by atoms with E-state index < -0.39 is 0 Å². The molecule has 3 heteroatoms. The molecular formula is C15H16N2O. The van der Waals surface area contributed by atoms with Crippen molar-refractivity contribution in [1.29, 1.82) is 5.26 Å². The Morgan fingerprint density at radius 3 is 2.83 bits per heavy atom. The number of allylic oxidation sites excluding steroid dienone is 3. The highest BCUT2D eigenvalue weighted by Crippen LogP contribution is 2.20. The lowest BCUT2D eigenvalue weighted by Gasteiger charge is -2.20. The van der Waals surface area contributed by atoms with Gasteiger partial charge in [-0.2, -0.15) is 5.26 Å². The van der Waals surface area contributed by atoms with Crippen LogP contribution in [0.1, 0.15) is 12.6 Å². The summed E-state index contributed by atoms with van der Waals surface area (Å²) in [4.78, 5) is 4.17. The molecule has 1 aliphatic rings. The summed E-state index contributed by atoms with van der Waals surface area (Å²) in [5.74, 6) is 1.67. The van der Waals surface area contributed by atoms with Gasteiger partial charge in [-0.15, -0.1) is 0 Å². The highest BCUT2D eigenvalue weighted by Gasteiger charge is 2.14. The van der Waals surface area contributed by atoms with Gasteiger partial charge in [-0.05, 0) is 18.1 Å². The van der Waals surface area contributed by atoms with Crippen molar-refractivity contribution in [2.45, 2.75) is 13.3 Å². The summed E-state index contributed by atoms with van der Waals surface area (Å²) in [5.41, 5.74) is 0.777. The first-order chi connectivity index (χ1) is 8.79. The molecule has 3 nitrogen and oxygen atoms in total. The van der Waals surface area contributed by atoms with E-state index in [1.807, 2.05) is 12.1 Å². The van der Waals surface area contributed by atoms with Crippen LogP contribution in [-0.4, -0.2) is 11.6 Å². The molecule has 2 unspecified atom stereocenters. The van der Waals surface area contributed by atoms with Gasteiger partial charge in [0.2, 0.25) is 0 Å². The summed E-state index contributed by atoms with van der Waals surface area (Å²) in [6.45, 7) is 2.84. The summed E-state index contributed by atoms with van der Waals surface area (Å²) in [5, 5.41) is 8.56. The molecular weight excluding hydrogens is 224 g/mol. The second-order valence-corrected chi connectivity index (χ2v) is 4.42. The molecule has 1 aromatic heterocycles. The largest absolute Gasteiger partial charge is 0.491 e. The van der Waals surface area contributed by atoms with Crippen molar-refractivity contribution in [2.24, 2.45) is 11.8 Å². The molecule has 0 aromatic carbocycles. The molecule has 2 atom stereocenters. The van der Waals surface area contributed by atoms with Crippen LogP contribution in [0.2, 0.25) is 0 Å². The highest BCUT2D eigenvalue weighted by molar-refractivity contribution is 5.21. The van der Waals surface area contributed by atoms with Gasteiger partial charge in [-0.25, -0.2) is 0 Å². The van der Waals surface area contributed by atoms with Crippen LogP contribution < -0.4 is 4.74 Å². The summed E-state index contributed by atoms with van der Waals surface area (Å²) < 4.78 is 5.72. The normalized spacial score (nSPS) is 21.6. The molecule has 2 rings (SSSR count). The zero-order valence-corrected chi connectivity index (χ0v) is 10.4. The number of hydrogen-bond acceptors (Lipinski definition) is 3. The van der Waals surface area contributed by atoms with Crippen LogP contribution in [0.5, 0.6) is 5.75 Å². The Morgan fingerprint density at radius 2 is 2.17 bits per heavy atom. The number of ether oxygens (including phenoxy) is 1. The molecule has 1 aliphatic carbocycles. The van der Waals surface area contributed by atoms with Gasteiger partial charge in [0.1, 0.15) is 5.75 Å². The minimum atomic E-state index is 0.341.